The summed E-state index contributed by atoms with van der Waals surface area (Å²) in [6.45, 7) is 2.09. The summed E-state index contributed by atoms with van der Waals surface area (Å²) in [7, 11) is 3.71. The Hall–Kier alpha value is -0.770. The fourth-order valence-electron chi connectivity index (χ4n) is 1.35. The van der Waals surface area contributed by atoms with Crippen molar-refractivity contribution >= 4 is 6.03 Å². The van der Waals surface area contributed by atoms with Crippen LogP contribution in [-0.4, -0.2) is 44.2 Å². The molecule has 0 unspecified atom stereocenters. The van der Waals surface area contributed by atoms with E-state index in [0.29, 0.717) is 0 Å². The molecule has 0 aromatic heterocycles. The Labute approximate surface area is 73.3 Å². The minimum atomic E-state index is -0.190. The van der Waals surface area contributed by atoms with Crippen LogP contribution < -0.4 is 10.6 Å². The van der Waals surface area contributed by atoms with Gasteiger partial charge in [-0.2, -0.15) is 0 Å². The van der Waals surface area contributed by atoms with Gasteiger partial charge in [0.05, 0.1) is 6.04 Å². The third-order valence-electron chi connectivity index (χ3n) is 2.20. The number of nitrogens with one attached hydrogen (secondary N) is 1. The predicted molar refractivity (Wildman–Crippen MR) is 47.1 cm³/mol. The van der Waals surface area contributed by atoms with Crippen LogP contribution >= 0.6 is 0 Å². The Bertz CT molecular complexity index is 152. The molecule has 1 N–H and O–H groups in total. The zero-order chi connectivity index (χ0) is 8.97. The van der Waals surface area contributed by atoms with Gasteiger partial charge in [0.15, 0.2) is 0 Å². The van der Waals surface area contributed by atoms with Gasteiger partial charge in [-0.3, -0.25) is 0 Å². The number of amides is 2. The molecule has 4 heteroatoms. The van der Waals surface area contributed by atoms with Crippen molar-refractivity contribution in [2.75, 3.05) is 27.2 Å². The number of likely N-dealkylation sites (tertiary alicyclic amines) is 1. The minimum absolute atomic E-state index is 0.190. The Morgan fingerprint density at radius 2 is 2.08 bits per heavy atom. The molecule has 4 nitrogen and oxygen atoms in total. The highest BCUT2D eigenvalue weighted by Crippen LogP contribution is 2.08. The van der Waals surface area contributed by atoms with Gasteiger partial charge in [-0.1, -0.05) is 0 Å². The second kappa shape index (κ2) is 4.30. The molecule has 1 saturated heterocycles. The zero-order valence-electron chi connectivity index (χ0n) is 7.71. The van der Waals surface area contributed by atoms with Crippen molar-refractivity contribution in [1.29, 1.82) is 0 Å². The standard InChI is InChI=1S/C8H16N3O/c1-9-8(12)10-7-3-5-11(2)6-4-7/h7H,3-6H2,1-2H3,(H,9,12). The molecule has 0 aromatic carbocycles. The molecule has 1 aliphatic heterocycles. The normalized spacial score (nSPS) is 20.5. The molecule has 1 aliphatic rings. The molecule has 69 valence electrons. The molecule has 1 heterocycles. The Morgan fingerprint density at radius 1 is 1.50 bits per heavy atom. The van der Waals surface area contributed by atoms with Crippen molar-refractivity contribution in [3.8, 4) is 0 Å². The molecule has 0 bridgehead atoms. The van der Waals surface area contributed by atoms with Crippen LogP contribution in [0.25, 0.3) is 0 Å². The molecule has 1 radical (unpaired) electrons. The first-order valence-electron chi connectivity index (χ1n) is 4.33. The van der Waals surface area contributed by atoms with Crippen molar-refractivity contribution in [3.05, 3.63) is 0 Å². The monoisotopic (exact) mass is 170 g/mol. The lowest BCUT2D eigenvalue weighted by molar-refractivity contribution is 0.213. The average Bonchev–Trinajstić information content (AvgIpc) is 2.09. The lowest BCUT2D eigenvalue weighted by Crippen LogP contribution is -2.41. The van der Waals surface area contributed by atoms with Crippen LogP contribution in [0.3, 0.4) is 0 Å². The van der Waals surface area contributed by atoms with Crippen molar-refractivity contribution < 1.29 is 4.79 Å². The van der Waals surface area contributed by atoms with E-state index in [4.69, 9.17) is 0 Å². The van der Waals surface area contributed by atoms with Gasteiger partial charge in [-0.15, -0.1) is 0 Å². The minimum Gasteiger partial charge on any atom is -0.340 e. The van der Waals surface area contributed by atoms with Crippen LogP contribution in [0.15, 0.2) is 0 Å². The van der Waals surface area contributed by atoms with Gasteiger partial charge >= 0.3 is 6.03 Å². The molecule has 0 spiro atoms. The van der Waals surface area contributed by atoms with Gasteiger partial charge in [0, 0.05) is 7.05 Å². The van der Waals surface area contributed by atoms with E-state index in [1.165, 1.54) is 0 Å². The Morgan fingerprint density at radius 3 is 2.58 bits per heavy atom. The maximum Gasteiger partial charge on any atom is 0.336 e. The van der Waals surface area contributed by atoms with Gasteiger partial charge < -0.3 is 10.2 Å². The highest BCUT2D eigenvalue weighted by molar-refractivity contribution is 5.73. The van der Waals surface area contributed by atoms with E-state index in [9.17, 15) is 4.79 Å². The average molecular weight is 170 g/mol. The highest BCUT2D eigenvalue weighted by Gasteiger charge is 2.19. The smallest absolute Gasteiger partial charge is 0.336 e. The first-order valence-corrected chi connectivity index (χ1v) is 4.33. The van der Waals surface area contributed by atoms with Gasteiger partial charge in [0.2, 0.25) is 0 Å². The van der Waals surface area contributed by atoms with Crippen LogP contribution in [0.4, 0.5) is 4.79 Å². The Balaban J connectivity index is 2.21. The highest BCUT2D eigenvalue weighted by atomic mass is 16.2. The fraction of sp³-hybridized carbons (Fsp3) is 0.875. The van der Waals surface area contributed by atoms with E-state index in [0.717, 1.165) is 25.9 Å². The molecular weight excluding hydrogens is 154 g/mol. The summed E-state index contributed by atoms with van der Waals surface area (Å²) in [6, 6.07) is 0.0469. The summed E-state index contributed by atoms with van der Waals surface area (Å²) in [6.07, 6.45) is 2.01. The van der Waals surface area contributed by atoms with Crippen molar-refractivity contribution in [1.82, 2.24) is 15.5 Å². The van der Waals surface area contributed by atoms with E-state index in [1.54, 1.807) is 7.05 Å². The second-order valence-corrected chi connectivity index (χ2v) is 3.22. The van der Waals surface area contributed by atoms with E-state index in [-0.39, 0.29) is 12.1 Å². The van der Waals surface area contributed by atoms with Crippen LogP contribution in [0.5, 0.6) is 0 Å². The first-order chi connectivity index (χ1) is 5.72. The van der Waals surface area contributed by atoms with E-state index in [2.05, 4.69) is 22.6 Å². The number of nitrogens with zero attached hydrogens (tertiary/aromatic N) is 2. The summed E-state index contributed by atoms with van der Waals surface area (Å²) in [5, 5.41) is 6.52. The van der Waals surface area contributed by atoms with E-state index < -0.39 is 0 Å². The van der Waals surface area contributed by atoms with Crippen molar-refractivity contribution in [3.63, 3.8) is 0 Å². The summed E-state index contributed by atoms with van der Waals surface area (Å²) < 4.78 is 0. The fourth-order valence-corrected chi connectivity index (χ4v) is 1.35. The number of hydrogen-bond donors (Lipinski definition) is 1. The molecule has 2 amide bonds. The predicted octanol–water partition coefficient (Wildman–Crippen LogP) is 0.0244. The third-order valence-corrected chi connectivity index (χ3v) is 2.20. The number of urea groups is 1. The molecule has 0 saturated carbocycles. The van der Waals surface area contributed by atoms with Crippen LogP contribution in [0.1, 0.15) is 12.8 Å². The lowest BCUT2D eigenvalue weighted by Gasteiger charge is -2.27. The van der Waals surface area contributed by atoms with Crippen LogP contribution in [0.2, 0.25) is 0 Å². The van der Waals surface area contributed by atoms with E-state index >= 15 is 0 Å². The Kier molecular flexibility index (Phi) is 3.34. The quantitative estimate of drug-likeness (QED) is 0.603. The first kappa shape index (κ1) is 9.32. The maximum atomic E-state index is 10.9. The summed E-state index contributed by atoms with van der Waals surface area (Å²) in [5.41, 5.74) is 0. The number of hydrogen-bond acceptors (Lipinski definition) is 2. The molecule has 1 rings (SSSR count). The largest absolute Gasteiger partial charge is 0.340 e. The molecule has 0 aliphatic carbocycles. The van der Waals surface area contributed by atoms with Gasteiger partial charge in [0.25, 0.3) is 0 Å². The van der Waals surface area contributed by atoms with E-state index in [1.807, 2.05) is 0 Å². The lowest BCUT2D eigenvalue weighted by atomic mass is 10.1. The van der Waals surface area contributed by atoms with Gasteiger partial charge in [-0.05, 0) is 33.0 Å². The summed E-state index contributed by atoms with van der Waals surface area (Å²) >= 11 is 0. The number of piperidine rings is 1. The van der Waals surface area contributed by atoms with Crippen molar-refractivity contribution in [2.45, 2.75) is 18.9 Å². The number of rotatable bonds is 1. The summed E-state index contributed by atoms with van der Waals surface area (Å²) in [5.74, 6) is 0. The third kappa shape index (κ3) is 2.70. The SMILES string of the molecule is CNC(=O)[N]C1CCN(C)CC1. The number of carbonyl (C=O) groups is 1. The topological polar surface area (TPSA) is 46.4 Å². The van der Waals surface area contributed by atoms with Crippen LogP contribution in [0, 0.1) is 0 Å². The van der Waals surface area contributed by atoms with Crippen molar-refractivity contribution in [2.24, 2.45) is 0 Å². The summed E-state index contributed by atoms with van der Waals surface area (Å²) in [4.78, 5) is 13.1. The molecular formula is C8H16N3O. The molecule has 0 atom stereocenters. The molecule has 12 heavy (non-hydrogen) atoms. The zero-order valence-corrected chi connectivity index (χ0v) is 7.71. The van der Waals surface area contributed by atoms with Gasteiger partial charge in [-0.25, -0.2) is 10.1 Å². The van der Waals surface area contributed by atoms with Crippen LogP contribution in [-0.2, 0) is 0 Å². The molecule has 1 fully saturated rings. The second-order valence-electron chi connectivity index (χ2n) is 3.22. The maximum absolute atomic E-state index is 10.9. The number of carbonyl (C=O) groups excluding carboxylic acids is 1. The van der Waals surface area contributed by atoms with Gasteiger partial charge in [0.1, 0.15) is 0 Å². The molecule has 0 aromatic rings.